The zero-order valence-corrected chi connectivity index (χ0v) is 13.5. The fourth-order valence-electron chi connectivity index (χ4n) is 2.10. The molecule has 5 nitrogen and oxygen atoms in total. The van der Waals surface area contributed by atoms with Gasteiger partial charge in [-0.2, -0.15) is 0 Å². The highest BCUT2D eigenvalue weighted by molar-refractivity contribution is 7.89. The average Bonchev–Trinajstić information content (AvgIpc) is 2.42. The first kappa shape index (κ1) is 16.2. The maximum Gasteiger partial charge on any atom is 0.255 e. The SMILES string of the molecule is Cc1cccc(C(=O)Nc2cc(S(N)(=O)=O)cc(C)c2C)c1. The second-order valence-electron chi connectivity index (χ2n) is 5.28. The molecule has 0 spiro atoms. The number of nitrogens with two attached hydrogens (primary N) is 1. The van der Waals surface area contributed by atoms with E-state index < -0.39 is 10.0 Å². The lowest BCUT2D eigenvalue weighted by molar-refractivity contribution is 0.102. The van der Waals surface area contributed by atoms with Crippen LogP contribution >= 0.6 is 0 Å². The van der Waals surface area contributed by atoms with Gasteiger partial charge >= 0.3 is 0 Å². The van der Waals surface area contributed by atoms with Gasteiger partial charge in [-0.15, -0.1) is 0 Å². The molecule has 6 heteroatoms. The molecule has 0 bridgehead atoms. The van der Waals surface area contributed by atoms with Crippen molar-refractivity contribution in [1.29, 1.82) is 0 Å². The normalized spacial score (nSPS) is 11.3. The standard InChI is InChI=1S/C16H18N2O3S/c1-10-5-4-6-13(7-10)16(19)18-15-9-14(22(17,20)21)8-11(2)12(15)3/h4-9H,1-3H3,(H,18,19)(H2,17,20,21). The van der Waals surface area contributed by atoms with Gasteiger partial charge in [0.25, 0.3) is 5.91 Å². The lowest BCUT2D eigenvalue weighted by atomic mass is 10.1. The fourth-order valence-corrected chi connectivity index (χ4v) is 2.72. The number of nitrogens with one attached hydrogen (secondary N) is 1. The van der Waals surface area contributed by atoms with Crippen LogP contribution in [0.4, 0.5) is 5.69 Å². The molecule has 0 saturated carbocycles. The quantitative estimate of drug-likeness (QED) is 0.911. The van der Waals surface area contributed by atoms with Crippen LogP contribution in [0.2, 0.25) is 0 Å². The molecule has 0 aliphatic heterocycles. The fraction of sp³-hybridized carbons (Fsp3) is 0.188. The minimum absolute atomic E-state index is 0.0184. The zero-order valence-electron chi connectivity index (χ0n) is 12.7. The summed E-state index contributed by atoms with van der Waals surface area (Å²) in [6.45, 7) is 5.48. The largest absolute Gasteiger partial charge is 0.322 e. The Morgan fingerprint density at radius 2 is 1.77 bits per heavy atom. The third kappa shape index (κ3) is 3.52. The van der Waals surface area contributed by atoms with Gasteiger partial charge in [-0.25, -0.2) is 13.6 Å². The molecule has 116 valence electrons. The van der Waals surface area contributed by atoms with Gasteiger partial charge in [-0.05, 0) is 56.2 Å². The molecule has 2 rings (SSSR count). The smallest absolute Gasteiger partial charge is 0.255 e. The topological polar surface area (TPSA) is 89.3 Å². The Morgan fingerprint density at radius 3 is 2.36 bits per heavy atom. The van der Waals surface area contributed by atoms with Gasteiger partial charge in [0.05, 0.1) is 4.90 Å². The Balaban J connectivity index is 2.41. The van der Waals surface area contributed by atoms with E-state index in [9.17, 15) is 13.2 Å². The molecule has 0 aromatic heterocycles. The third-order valence-corrected chi connectivity index (χ3v) is 4.39. The number of carbonyl (C=O) groups excluding carboxylic acids is 1. The molecule has 0 saturated heterocycles. The minimum atomic E-state index is -3.82. The highest BCUT2D eigenvalue weighted by atomic mass is 32.2. The Labute approximate surface area is 130 Å². The summed E-state index contributed by atoms with van der Waals surface area (Å²) >= 11 is 0. The first-order chi connectivity index (χ1) is 10.2. The number of anilines is 1. The Morgan fingerprint density at radius 1 is 1.09 bits per heavy atom. The highest BCUT2D eigenvalue weighted by Crippen LogP contribution is 2.24. The van der Waals surface area contributed by atoms with Crippen LogP contribution in [0.5, 0.6) is 0 Å². The number of benzene rings is 2. The molecule has 0 fully saturated rings. The van der Waals surface area contributed by atoms with Crippen LogP contribution in [0.15, 0.2) is 41.3 Å². The van der Waals surface area contributed by atoms with E-state index in [4.69, 9.17) is 5.14 Å². The summed E-state index contributed by atoms with van der Waals surface area (Å²) in [4.78, 5) is 12.3. The molecule has 0 atom stereocenters. The van der Waals surface area contributed by atoms with Crippen molar-refractivity contribution >= 4 is 21.6 Å². The molecule has 0 radical (unpaired) electrons. The van der Waals surface area contributed by atoms with Gasteiger partial charge in [0.15, 0.2) is 0 Å². The molecular weight excluding hydrogens is 300 g/mol. The second-order valence-corrected chi connectivity index (χ2v) is 6.84. The number of amides is 1. The molecule has 0 unspecified atom stereocenters. The molecule has 1 amide bonds. The van der Waals surface area contributed by atoms with Crippen molar-refractivity contribution < 1.29 is 13.2 Å². The van der Waals surface area contributed by atoms with E-state index in [1.807, 2.05) is 19.9 Å². The van der Waals surface area contributed by atoms with Gasteiger partial charge in [-0.1, -0.05) is 17.7 Å². The maximum absolute atomic E-state index is 12.3. The van der Waals surface area contributed by atoms with Crippen molar-refractivity contribution in [1.82, 2.24) is 0 Å². The van der Waals surface area contributed by atoms with Crippen LogP contribution in [0, 0.1) is 20.8 Å². The summed E-state index contributed by atoms with van der Waals surface area (Å²) in [5, 5.41) is 7.91. The van der Waals surface area contributed by atoms with Crippen LogP contribution in [-0.2, 0) is 10.0 Å². The first-order valence-electron chi connectivity index (χ1n) is 6.70. The van der Waals surface area contributed by atoms with Gasteiger partial charge < -0.3 is 5.32 Å². The van der Waals surface area contributed by atoms with E-state index in [1.54, 1.807) is 25.1 Å². The third-order valence-electron chi connectivity index (χ3n) is 3.50. The van der Waals surface area contributed by atoms with Crippen molar-refractivity contribution in [3.63, 3.8) is 0 Å². The monoisotopic (exact) mass is 318 g/mol. The number of sulfonamides is 1. The zero-order chi connectivity index (χ0) is 16.5. The predicted octanol–water partition coefficient (Wildman–Crippen LogP) is 2.51. The van der Waals surface area contributed by atoms with Crippen LogP contribution in [0.1, 0.15) is 27.0 Å². The van der Waals surface area contributed by atoms with Crippen molar-refractivity contribution in [3.8, 4) is 0 Å². The molecule has 2 aromatic rings. The number of carbonyl (C=O) groups is 1. The van der Waals surface area contributed by atoms with E-state index in [-0.39, 0.29) is 10.8 Å². The molecule has 2 aromatic carbocycles. The molecule has 22 heavy (non-hydrogen) atoms. The van der Waals surface area contributed by atoms with E-state index >= 15 is 0 Å². The van der Waals surface area contributed by atoms with Gasteiger partial charge in [-0.3, -0.25) is 4.79 Å². The van der Waals surface area contributed by atoms with Crippen molar-refractivity contribution in [2.75, 3.05) is 5.32 Å². The summed E-state index contributed by atoms with van der Waals surface area (Å²) in [6, 6.07) is 10.0. The maximum atomic E-state index is 12.3. The Bertz CT molecular complexity index is 842. The van der Waals surface area contributed by atoms with E-state index in [1.165, 1.54) is 12.1 Å². The van der Waals surface area contributed by atoms with Crippen LogP contribution in [0.25, 0.3) is 0 Å². The van der Waals surface area contributed by atoms with Gasteiger partial charge in [0.2, 0.25) is 10.0 Å². The molecule has 0 aliphatic rings. The van der Waals surface area contributed by atoms with E-state index in [2.05, 4.69) is 5.32 Å². The van der Waals surface area contributed by atoms with Crippen molar-refractivity contribution in [2.24, 2.45) is 5.14 Å². The molecule has 0 heterocycles. The van der Waals surface area contributed by atoms with Crippen LogP contribution in [0.3, 0.4) is 0 Å². The average molecular weight is 318 g/mol. The van der Waals surface area contributed by atoms with Crippen molar-refractivity contribution in [2.45, 2.75) is 25.7 Å². The molecular formula is C16H18N2O3S. The lowest BCUT2D eigenvalue weighted by Crippen LogP contribution is -2.16. The minimum Gasteiger partial charge on any atom is -0.322 e. The summed E-state index contributed by atoms with van der Waals surface area (Å²) in [5.41, 5.74) is 3.46. The summed E-state index contributed by atoms with van der Waals surface area (Å²) in [5.74, 6) is -0.294. The van der Waals surface area contributed by atoms with Crippen molar-refractivity contribution in [3.05, 3.63) is 58.7 Å². The first-order valence-corrected chi connectivity index (χ1v) is 8.25. The predicted molar refractivity (Wildman–Crippen MR) is 86.4 cm³/mol. The van der Waals surface area contributed by atoms with E-state index in [0.717, 1.165) is 16.7 Å². The molecule has 0 aliphatic carbocycles. The Kier molecular flexibility index (Phi) is 4.35. The number of primary sulfonamides is 1. The molecule has 3 N–H and O–H groups in total. The van der Waals surface area contributed by atoms with E-state index in [0.29, 0.717) is 11.3 Å². The number of hydrogen-bond donors (Lipinski definition) is 2. The highest BCUT2D eigenvalue weighted by Gasteiger charge is 2.15. The lowest BCUT2D eigenvalue weighted by Gasteiger charge is -2.13. The van der Waals surface area contributed by atoms with Gasteiger partial charge in [0.1, 0.15) is 0 Å². The van der Waals surface area contributed by atoms with Crippen LogP contribution < -0.4 is 10.5 Å². The van der Waals surface area contributed by atoms with Gasteiger partial charge in [0, 0.05) is 11.3 Å². The Hall–Kier alpha value is -2.18. The summed E-state index contributed by atoms with van der Waals surface area (Å²) < 4.78 is 23.0. The number of aryl methyl sites for hydroxylation is 2. The number of hydrogen-bond acceptors (Lipinski definition) is 3. The van der Waals surface area contributed by atoms with Crippen LogP contribution in [-0.4, -0.2) is 14.3 Å². The number of rotatable bonds is 3. The summed E-state index contributed by atoms with van der Waals surface area (Å²) in [7, 11) is -3.82. The second kappa shape index (κ2) is 5.90. The summed E-state index contributed by atoms with van der Waals surface area (Å²) in [6.07, 6.45) is 0.